The van der Waals surface area contributed by atoms with Crippen LogP contribution in [0, 0.1) is 0 Å². The van der Waals surface area contributed by atoms with Crippen LogP contribution < -0.4 is 5.73 Å². The molecule has 1 fully saturated rings. The van der Waals surface area contributed by atoms with Crippen LogP contribution in [0.3, 0.4) is 0 Å². The van der Waals surface area contributed by atoms with Crippen LogP contribution in [0.2, 0.25) is 0 Å². The molecule has 0 spiro atoms. The number of benzene rings is 1. The molecule has 1 aliphatic rings. The molecule has 1 saturated carbocycles. The largest absolute Gasteiger partial charge is 0.334 e. The summed E-state index contributed by atoms with van der Waals surface area (Å²) >= 11 is 0. The normalized spacial score (nSPS) is 15.2. The second-order valence-electron chi connectivity index (χ2n) is 5.76. The fourth-order valence-corrected chi connectivity index (χ4v) is 2.50. The van der Waals surface area contributed by atoms with Gasteiger partial charge in [-0.1, -0.05) is 44.5 Å². The molecule has 1 atom stereocenters. The maximum atomic E-state index is 12.4. The molecule has 21 heavy (non-hydrogen) atoms. The zero-order chi connectivity index (χ0) is 14.5. The van der Waals surface area contributed by atoms with Gasteiger partial charge in [-0.2, -0.15) is 0 Å². The summed E-state index contributed by atoms with van der Waals surface area (Å²) in [5, 5.41) is 0. The highest BCUT2D eigenvalue weighted by Crippen LogP contribution is 2.29. The van der Waals surface area contributed by atoms with Crippen LogP contribution in [0.5, 0.6) is 0 Å². The lowest BCUT2D eigenvalue weighted by molar-refractivity contribution is -0.134. The van der Waals surface area contributed by atoms with Gasteiger partial charge in [-0.3, -0.25) is 4.79 Å². The van der Waals surface area contributed by atoms with Crippen molar-refractivity contribution in [3.63, 3.8) is 0 Å². The van der Waals surface area contributed by atoms with E-state index >= 15 is 0 Å². The Kier molecular flexibility index (Phi) is 7.20. The third kappa shape index (κ3) is 5.01. The number of rotatable bonds is 7. The Morgan fingerprint density at radius 1 is 1.24 bits per heavy atom. The van der Waals surface area contributed by atoms with Crippen LogP contribution in [0.25, 0.3) is 0 Å². The summed E-state index contributed by atoms with van der Waals surface area (Å²) in [5.41, 5.74) is 8.54. The van der Waals surface area contributed by atoms with E-state index in [0.717, 1.165) is 32.1 Å². The van der Waals surface area contributed by atoms with Gasteiger partial charge in [0, 0.05) is 12.6 Å². The first-order valence-electron chi connectivity index (χ1n) is 7.79. The number of nitrogens with zero attached hydrogens (tertiary/aromatic N) is 1. The van der Waals surface area contributed by atoms with Crippen molar-refractivity contribution < 1.29 is 4.79 Å². The molecule has 1 unspecified atom stereocenters. The molecule has 0 aliphatic heterocycles. The highest BCUT2D eigenvalue weighted by Gasteiger charge is 2.34. The van der Waals surface area contributed by atoms with Crippen LogP contribution in [-0.2, 0) is 17.8 Å². The molecular formula is C17H27ClN2O. The van der Waals surface area contributed by atoms with E-state index in [1.807, 2.05) is 4.90 Å². The van der Waals surface area contributed by atoms with Crippen molar-refractivity contribution in [2.45, 2.75) is 64.6 Å². The Bertz CT molecular complexity index is 443. The molecule has 4 heteroatoms. The smallest absolute Gasteiger partial charge is 0.240 e. The van der Waals surface area contributed by atoms with Gasteiger partial charge in [0.05, 0.1) is 6.04 Å². The highest BCUT2D eigenvalue weighted by molar-refractivity contribution is 5.85. The number of nitrogens with two attached hydrogens (primary N) is 1. The maximum absolute atomic E-state index is 12.4. The minimum absolute atomic E-state index is 0. The van der Waals surface area contributed by atoms with E-state index in [0.29, 0.717) is 12.6 Å². The fraction of sp³-hybridized carbons (Fsp3) is 0.588. The lowest BCUT2D eigenvalue weighted by Gasteiger charge is -2.25. The van der Waals surface area contributed by atoms with Crippen molar-refractivity contribution in [1.82, 2.24) is 4.90 Å². The first-order chi connectivity index (χ1) is 9.65. The van der Waals surface area contributed by atoms with E-state index in [2.05, 4.69) is 38.1 Å². The Morgan fingerprint density at radius 3 is 2.29 bits per heavy atom. The van der Waals surface area contributed by atoms with Crippen LogP contribution in [0.15, 0.2) is 24.3 Å². The van der Waals surface area contributed by atoms with Gasteiger partial charge in [-0.05, 0) is 36.8 Å². The van der Waals surface area contributed by atoms with Crippen molar-refractivity contribution >= 4 is 18.3 Å². The standard InChI is InChI=1S/C17H26N2O.ClH/c1-3-5-16(18)17(20)19(15-10-11-15)12-14-8-6-13(4-2)7-9-14;/h6-9,15-16H,3-5,10-12,18H2,1-2H3;1H. The third-order valence-electron chi connectivity index (χ3n) is 3.97. The van der Waals surface area contributed by atoms with Crippen LogP contribution in [-0.4, -0.2) is 22.9 Å². The SMILES string of the molecule is CCCC(N)C(=O)N(Cc1ccc(CC)cc1)C1CC1.Cl. The summed E-state index contributed by atoms with van der Waals surface area (Å²) in [6.45, 7) is 4.92. The molecule has 2 N–H and O–H groups in total. The lowest BCUT2D eigenvalue weighted by Crippen LogP contribution is -2.44. The van der Waals surface area contributed by atoms with Crippen molar-refractivity contribution in [3.8, 4) is 0 Å². The monoisotopic (exact) mass is 310 g/mol. The van der Waals surface area contributed by atoms with Gasteiger partial charge in [-0.15, -0.1) is 12.4 Å². The van der Waals surface area contributed by atoms with E-state index in [1.165, 1.54) is 11.1 Å². The fourth-order valence-electron chi connectivity index (χ4n) is 2.50. The molecule has 0 radical (unpaired) electrons. The predicted octanol–water partition coefficient (Wildman–Crippen LogP) is 3.29. The van der Waals surface area contributed by atoms with Gasteiger partial charge >= 0.3 is 0 Å². The molecule has 1 aliphatic carbocycles. The molecule has 1 amide bonds. The van der Waals surface area contributed by atoms with E-state index in [4.69, 9.17) is 5.73 Å². The summed E-state index contributed by atoms with van der Waals surface area (Å²) in [7, 11) is 0. The molecule has 0 heterocycles. The van der Waals surface area contributed by atoms with Crippen molar-refractivity contribution in [2.75, 3.05) is 0 Å². The minimum Gasteiger partial charge on any atom is -0.334 e. The van der Waals surface area contributed by atoms with Crippen molar-refractivity contribution in [3.05, 3.63) is 35.4 Å². The molecule has 0 saturated heterocycles. The second-order valence-corrected chi connectivity index (χ2v) is 5.76. The average Bonchev–Trinajstić information content (AvgIpc) is 3.29. The quantitative estimate of drug-likeness (QED) is 0.840. The van der Waals surface area contributed by atoms with E-state index in [9.17, 15) is 4.79 Å². The summed E-state index contributed by atoms with van der Waals surface area (Å²) in [6.07, 6.45) is 5.02. The minimum atomic E-state index is -0.337. The Hall–Kier alpha value is -1.06. The van der Waals surface area contributed by atoms with E-state index in [-0.39, 0.29) is 24.4 Å². The molecule has 2 rings (SSSR count). The second kappa shape index (κ2) is 8.40. The van der Waals surface area contributed by atoms with Gasteiger partial charge in [0.15, 0.2) is 0 Å². The zero-order valence-electron chi connectivity index (χ0n) is 13.0. The molecule has 1 aromatic rings. The van der Waals surface area contributed by atoms with E-state index < -0.39 is 0 Å². The number of halogens is 1. The Morgan fingerprint density at radius 2 is 1.81 bits per heavy atom. The lowest BCUT2D eigenvalue weighted by atomic mass is 10.1. The molecular weight excluding hydrogens is 284 g/mol. The topological polar surface area (TPSA) is 46.3 Å². The number of carbonyl (C=O) groups is 1. The maximum Gasteiger partial charge on any atom is 0.240 e. The number of aryl methyl sites for hydroxylation is 1. The number of carbonyl (C=O) groups excluding carboxylic acids is 1. The Balaban J connectivity index is 0.00000220. The van der Waals surface area contributed by atoms with Gasteiger partial charge in [0.2, 0.25) is 5.91 Å². The number of hydrogen-bond donors (Lipinski definition) is 1. The Labute approximate surface area is 134 Å². The average molecular weight is 311 g/mol. The van der Waals surface area contributed by atoms with Crippen molar-refractivity contribution in [2.24, 2.45) is 5.73 Å². The summed E-state index contributed by atoms with van der Waals surface area (Å²) in [4.78, 5) is 14.4. The highest BCUT2D eigenvalue weighted by atomic mass is 35.5. The first kappa shape index (κ1) is 18.0. The molecule has 1 aromatic carbocycles. The van der Waals surface area contributed by atoms with Crippen molar-refractivity contribution in [1.29, 1.82) is 0 Å². The van der Waals surface area contributed by atoms with Gasteiger partial charge in [0.25, 0.3) is 0 Å². The molecule has 118 valence electrons. The first-order valence-corrected chi connectivity index (χ1v) is 7.79. The van der Waals surface area contributed by atoms with Gasteiger partial charge < -0.3 is 10.6 Å². The number of hydrogen-bond acceptors (Lipinski definition) is 2. The van der Waals surface area contributed by atoms with Crippen LogP contribution in [0.4, 0.5) is 0 Å². The third-order valence-corrected chi connectivity index (χ3v) is 3.97. The summed E-state index contributed by atoms with van der Waals surface area (Å²) in [5.74, 6) is 0.119. The predicted molar refractivity (Wildman–Crippen MR) is 89.5 cm³/mol. The molecule has 3 nitrogen and oxygen atoms in total. The zero-order valence-corrected chi connectivity index (χ0v) is 13.9. The number of amides is 1. The summed E-state index contributed by atoms with van der Waals surface area (Å²) in [6, 6.07) is 8.64. The van der Waals surface area contributed by atoms with Gasteiger partial charge in [-0.25, -0.2) is 0 Å². The van der Waals surface area contributed by atoms with Crippen LogP contribution in [0.1, 0.15) is 50.7 Å². The molecule has 0 bridgehead atoms. The molecule has 0 aromatic heterocycles. The van der Waals surface area contributed by atoms with E-state index in [1.54, 1.807) is 0 Å². The summed E-state index contributed by atoms with van der Waals surface area (Å²) < 4.78 is 0. The van der Waals surface area contributed by atoms with Gasteiger partial charge in [0.1, 0.15) is 0 Å². The van der Waals surface area contributed by atoms with Crippen LogP contribution >= 0.6 is 12.4 Å².